The molecule has 2 heterocycles. The quantitative estimate of drug-likeness (QED) is 0.845. The molecule has 0 amide bonds. The summed E-state index contributed by atoms with van der Waals surface area (Å²) in [4.78, 5) is 17.3. The predicted octanol–water partition coefficient (Wildman–Crippen LogP) is 1.95. The topological polar surface area (TPSA) is 80.5 Å². The molecule has 0 aromatic carbocycles. The standard InChI is InChI=1S/C14H21N7/c1-4-16-11-18-12(17-8-10-7-14(10,2)3)20-13(19-11)21-6-5-15-9-21/h5-6,9-10H,4,7-8H2,1-3H3,(H2,16,17,18,19,20). The second-order valence-electron chi connectivity index (χ2n) is 6.05. The number of hydrogen-bond donors (Lipinski definition) is 2. The van der Waals surface area contributed by atoms with E-state index in [1.165, 1.54) is 6.42 Å². The second-order valence-corrected chi connectivity index (χ2v) is 6.05. The predicted molar refractivity (Wildman–Crippen MR) is 81.5 cm³/mol. The smallest absolute Gasteiger partial charge is 0.241 e. The lowest BCUT2D eigenvalue weighted by atomic mass is 10.1. The lowest BCUT2D eigenvalue weighted by Gasteiger charge is -2.10. The Bertz CT molecular complexity index is 606. The van der Waals surface area contributed by atoms with Gasteiger partial charge in [-0.05, 0) is 24.7 Å². The molecule has 0 saturated heterocycles. The summed E-state index contributed by atoms with van der Waals surface area (Å²) < 4.78 is 1.77. The summed E-state index contributed by atoms with van der Waals surface area (Å²) in [5.41, 5.74) is 0.442. The molecule has 2 aromatic heterocycles. The number of imidazole rings is 1. The molecule has 112 valence electrons. The third kappa shape index (κ3) is 3.12. The maximum Gasteiger partial charge on any atom is 0.241 e. The van der Waals surface area contributed by atoms with Crippen LogP contribution in [-0.4, -0.2) is 37.6 Å². The van der Waals surface area contributed by atoms with Gasteiger partial charge in [-0.2, -0.15) is 15.0 Å². The van der Waals surface area contributed by atoms with E-state index in [1.807, 2.05) is 13.1 Å². The molecule has 0 aliphatic heterocycles. The fourth-order valence-corrected chi connectivity index (χ4v) is 2.31. The van der Waals surface area contributed by atoms with Gasteiger partial charge in [-0.15, -0.1) is 0 Å². The zero-order valence-corrected chi connectivity index (χ0v) is 12.7. The monoisotopic (exact) mass is 287 g/mol. The van der Waals surface area contributed by atoms with Gasteiger partial charge in [0.15, 0.2) is 0 Å². The van der Waals surface area contributed by atoms with E-state index in [9.17, 15) is 0 Å². The van der Waals surface area contributed by atoms with E-state index < -0.39 is 0 Å². The van der Waals surface area contributed by atoms with Crippen molar-refractivity contribution in [2.24, 2.45) is 11.3 Å². The molecule has 1 aliphatic carbocycles. The number of nitrogens with one attached hydrogen (secondary N) is 2. The van der Waals surface area contributed by atoms with Gasteiger partial charge in [-0.3, -0.25) is 4.57 Å². The molecule has 2 aromatic rings. The van der Waals surface area contributed by atoms with Crippen LogP contribution < -0.4 is 10.6 Å². The van der Waals surface area contributed by atoms with Crippen LogP contribution in [0.3, 0.4) is 0 Å². The van der Waals surface area contributed by atoms with E-state index in [2.05, 4.69) is 44.4 Å². The van der Waals surface area contributed by atoms with Gasteiger partial charge in [-0.1, -0.05) is 13.8 Å². The van der Waals surface area contributed by atoms with Crippen LogP contribution in [0.5, 0.6) is 0 Å². The van der Waals surface area contributed by atoms with Crippen LogP contribution in [0, 0.1) is 11.3 Å². The SMILES string of the molecule is CCNc1nc(NCC2CC2(C)C)nc(-n2ccnc2)n1. The number of anilines is 2. The Balaban J connectivity index is 1.78. The van der Waals surface area contributed by atoms with Crippen molar-refractivity contribution >= 4 is 11.9 Å². The van der Waals surface area contributed by atoms with Gasteiger partial charge < -0.3 is 10.6 Å². The first-order valence-corrected chi connectivity index (χ1v) is 7.30. The van der Waals surface area contributed by atoms with Crippen LogP contribution >= 0.6 is 0 Å². The van der Waals surface area contributed by atoms with E-state index >= 15 is 0 Å². The summed E-state index contributed by atoms with van der Waals surface area (Å²) in [5.74, 6) is 2.44. The molecular formula is C14H21N7. The van der Waals surface area contributed by atoms with Crippen molar-refractivity contribution in [2.45, 2.75) is 27.2 Å². The Labute approximate surface area is 124 Å². The third-order valence-electron chi connectivity index (χ3n) is 3.92. The van der Waals surface area contributed by atoms with Gasteiger partial charge in [0, 0.05) is 25.5 Å². The van der Waals surface area contributed by atoms with Crippen molar-refractivity contribution in [1.82, 2.24) is 24.5 Å². The molecule has 1 unspecified atom stereocenters. The molecule has 1 atom stereocenters. The van der Waals surface area contributed by atoms with E-state index in [0.717, 1.165) is 13.1 Å². The summed E-state index contributed by atoms with van der Waals surface area (Å²) in [5, 5.41) is 6.46. The number of rotatable bonds is 6. The highest BCUT2D eigenvalue weighted by molar-refractivity contribution is 5.38. The minimum Gasteiger partial charge on any atom is -0.354 e. The summed E-state index contributed by atoms with van der Waals surface area (Å²) in [6.45, 7) is 8.25. The van der Waals surface area contributed by atoms with Gasteiger partial charge in [0.2, 0.25) is 17.8 Å². The van der Waals surface area contributed by atoms with Crippen LogP contribution in [0.2, 0.25) is 0 Å². The Kier molecular flexibility index (Phi) is 3.48. The normalized spacial score (nSPS) is 19.3. The average molecular weight is 287 g/mol. The van der Waals surface area contributed by atoms with Crippen LogP contribution in [0.1, 0.15) is 27.2 Å². The van der Waals surface area contributed by atoms with Crippen LogP contribution in [0.25, 0.3) is 5.95 Å². The zero-order chi connectivity index (χ0) is 14.9. The average Bonchev–Trinajstić information content (AvgIpc) is 2.88. The lowest BCUT2D eigenvalue weighted by Crippen LogP contribution is -2.14. The number of aromatic nitrogens is 5. The van der Waals surface area contributed by atoms with Gasteiger partial charge >= 0.3 is 0 Å². The Morgan fingerprint density at radius 1 is 1.24 bits per heavy atom. The maximum atomic E-state index is 4.46. The van der Waals surface area contributed by atoms with E-state index in [-0.39, 0.29) is 0 Å². The van der Waals surface area contributed by atoms with Gasteiger partial charge in [0.25, 0.3) is 0 Å². The Morgan fingerprint density at radius 2 is 1.95 bits per heavy atom. The highest BCUT2D eigenvalue weighted by Gasteiger charge is 2.45. The summed E-state index contributed by atoms with van der Waals surface area (Å²) in [6.07, 6.45) is 6.45. The molecule has 0 spiro atoms. The first-order valence-electron chi connectivity index (χ1n) is 7.30. The lowest BCUT2D eigenvalue weighted by molar-refractivity contribution is 0.572. The zero-order valence-electron chi connectivity index (χ0n) is 12.7. The minimum absolute atomic E-state index is 0.442. The van der Waals surface area contributed by atoms with Crippen molar-refractivity contribution in [3.8, 4) is 5.95 Å². The number of nitrogens with zero attached hydrogens (tertiary/aromatic N) is 5. The minimum atomic E-state index is 0.442. The van der Waals surface area contributed by atoms with Gasteiger partial charge in [-0.25, -0.2) is 4.98 Å². The second kappa shape index (κ2) is 5.31. The highest BCUT2D eigenvalue weighted by Crippen LogP contribution is 2.51. The summed E-state index contributed by atoms with van der Waals surface area (Å²) >= 11 is 0. The molecule has 21 heavy (non-hydrogen) atoms. The Morgan fingerprint density at radius 3 is 2.52 bits per heavy atom. The van der Waals surface area contributed by atoms with Gasteiger partial charge in [0.1, 0.15) is 6.33 Å². The van der Waals surface area contributed by atoms with Crippen molar-refractivity contribution in [1.29, 1.82) is 0 Å². The fraction of sp³-hybridized carbons (Fsp3) is 0.571. The fourth-order valence-electron chi connectivity index (χ4n) is 2.31. The first kappa shape index (κ1) is 13.8. The summed E-state index contributed by atoms with van der Waals surface area (Å²) in [6, 6.07) is 0. The first-order chi connectivity index (χ1) is 10.1. The van der Waals surface area contributed by atoms with Crippen LogP contribution in [0.4, 0.5) is 11.9 Å². The van der Waals surface area contributed by atoms with Crippen LogP contribution in [-0.2, 0) is 0 Å². The van der Waals surface area contributed by atoms with Crippen molar-refractivity contribution in [3.05, 3.63) is 18.7 Å². The largest absolute Gasteiger partial charge is 0.354 e. The molecule has 0 radical (unpaired) electrons. The maximum absolute atomic E-state index is 4.46. The van der Waals surface area contributed by atoms with E-state index in [0.29, 0.717) is 29.2 Å². The summed E-state index contributed by atoms with van der Waals surface area (Å²) in [7, 11) is 0. The molecule has 7 nitrogen and oxygen atoms in total. The molecule has 7 heteroatoms. The van der Waals surface area contributed by atoms with E-state index in [1.54, 1.807) is 17.1 Å². The molecule has 1 fully saturated rings. The third-order valence-corrected chi connectivity index (χ3v) is 3.92. The molecule has 2 N–H and O–H groups in total. The van der Waals surface area contributed by atoms with Crippen LogP contribution in [0.15, 0.2) is 18.7 Å². The van der Waals surface area contributed by atoms with Gasteiger partial charge in [0.05, 0.1) is 0 Å². The molecule has 3 rings (SSSR count). The molecule has 1 saturated carbocycles. The van der Waals surface area contributed by atoms with E-state index in [4.69, 9.17) is 0 Å². The Hall–Kier alpha value is -2.18. The highest BCUT2D eigenvalue weighted by atomic mass is 15.3. The number of hydrogen-bond acceptors (Lipinski definition) is 6. The van der Waals surface area contributed by atoms with Crippen molar-refractivity contribution in [2.75, 3.05) is 23.7 Å². The molecular weight excluding hydrogens is 266 g/mol. The molecule has 1 aliphatic rings. The molecule has 0 bridgehead atoms. The van der Waals surface area contributed by atoms with Crippen molar-refractivity contribution in [3.63, 3.8) is 0 Å². The van der Waals surface area contributed by atoms with Crippen molar-refractivity contribution < 1.29 is 0 Å².